The summed E-state index contributed by atoms with van der Waals surface area (Å²) in [6.45, 7) is 4.31. The lowest BCUT2D eigenvalue weighted by Crippen LogP contribution is -2.30. The van der Waals surface area contributed by atoms with Gasteiger partial charge in [0, 0.05) is 29.8 Å². The molecular weight excluding hydrogens is 168 g/mol. The molecule has 1 unspecified atom stereocenters. The van der Waals surface area contributed by atoms with Crippen molar-refractivity contribution >= 4 is 0 Å². The summed E-state index contributed by atoms with van der Waals surface area (Å²) in [5, 5.41) is 10.4. The van der Waals surface area contributed by atoms with Crippen molar-refractivity contribution in [2.75, 3.05) is 13.1 Å². The van der Waals surface area contributed by atoms with E-state index in [0.717, 1.165) is 19.5 Å². The van der Waals surface area contributed by atoms with Crippen LogP contribution < -0.4 is 0 Å². The minimum absolute atomic E-state index is 0.120. The molecule has 1 saturated heterocycles. The van der Waals surface area contributed by atoms with Gasteiger partial charge in [-0.25, -0.2) is 0 Å². The van der Waals surface area contributed by atoms with Crippen LogP contribution in [0.3, 0.4) is 0 Å². The second kappa shape index (κ2) is 3.25. The molecule has 2 rings (SSSR count). The molecule has 74 valence electrons. The van der Waals surface area contributed by atoms with E-state index < -0.39 is 0 Å². The zero-order valence-corrected chi connectivity index (χ0v) is 7.98. The lowest BCUT2D eigenvalue weighted by Gasteiger charge is -2.19. The number of hydrogen-bond donors (Lipinski definition) is 0. The highest BCUT2D eigenvalue weighted by molar-refractivity contribution is 4.91. The number of nitrogens with zero attached hydrogens (tertiary/aromatic N) is 2. The van der Waals surface area contributed by atoms with Crippen LogP contribution >= 0.6 is 0 Å². The van der Waals surface area contributed by atoms with Crippen molar-refractivity contribution in [3.05, 3.63) is 10.1 Å². The summed E-state index contributed by atoms with van der Waals surface area (Å²) in [5.74, 6) is 0.343. The smallest absolute Gasteiger partial charge is 0.218 e. The van der Waals surface area contributed by atoms with E-state index in [0.29, 0.717) is 12.0 Å². The number of nitro groups is 1. The third-order valence-electron chi connectivity index (χ3n) is 3.32. The van der Waals surface area contributed by atoms with Gasteiger partial charge in [0.15, 0.2) is 0 Å². The normalized spacial score (nSPS) is 39.3. The van der Waals surface area contributed by atoms with Crippen molar-refractivity contribution in [3.63, 3.8) is 0 Å². The second-order valence-corrected chi connectivity index (χ2v) is 4.33. The largest absolute Gasteiger partial charge is 0.300 e. The quantitative estimate of drug-likeness (QED) is 0.488. The summed E-state index contributed by atoms with van der Waals surface area (Å²) >= 11 is 0. The summed E-state index contributed by atoms with van der Waals surface area (Å²) in [5.41, 5.74) is 0. The topological polar surface area (TPSA) is 46.4 Å². The highest BCUT2D eigenvalue weighted by atomic mass is 16.6. The Morgan fingerprint density at radius 1 is 1.62 bits per heavy atom. The predicted octanol–water partition coefficient (Wildman–Crippen LogP) is 1.14. The number of rotatable bonds is 3. The van der Waals surface area contributed by atoms with E-state index in [1.807, 2.05) is 0 Å². The Morgan fingerprint density at radius 2 is 2.38 bits per heavy atom. The van der Waals surface area contributed by atoms with Crippen molar-refractivity contribution < 1.29 is 4.92 Å². The van der Waals surface area contributed by atoms with Crippen LogP contribution in [0.5, 0.6) is 0 Å². The Hall–Kier alpha value is -0.640. The van der Waals surface area contributed by atoms with Crippen molar-refractivity contribution in [3.8, 4) is 0 Å². The van der Waals surface area contributed by atoms with Gasteiger partial charge in [-0.05, 0) is 26.3 Å². The first-order valence-electron chi connectivity index (χ1n) is 5.06. The third kappa shape index (κ3) is 1.82. The Morgan fingerprint density at radius 3 is 2.85 bits per heavy atom. The van der Waals surface area contributed by atoms with Crippen LogP contribution in [-0.4, -0.2) is 35.0 Å². The molecule has 4 heteroatoms. The fraction of sp³-hybridized carbons (Fsp3) is 1.00. The van der Waals surface area contributed by atoms with Gasteiger partial charge >= 0.3 is 0 Å². The molecule has 1 aliphatic heterocycles. The highest BCUT2D eigenvalue weighted by Gasteiger charge is 2.49. The van der Waals surface area contributed by atoms with Crippen molar-refractivity contribution in [1.29, 1.82) is 0 Å². The minimum atomic E-state index is -0.229. The van der Waals surface area contributed by atoms with E-state index >= 15 is 0 Å². The minimum Gasteiger partial charge on any atom is -0.300 e. The monoisotopic (exact) mass is 184 g/mol. The highest BCUT2D eigenvalue weighted by Crippen LogP contribution is 2.35. The van der Waals surface area contributed by atoms with Gasteiger partial charge in [-0.15, -0.1) is 0 Å². The van der Waals surface area contributed by atoms with Gasteiger partial charge in [0.1, 0.15) is 0 Å². The molecular formula is C9H16N2O2. The zero-order valence-electron chi connectivity index (χ0n) is 7.98. The number of hydrogen-bond acceptors (Lipinski definition) is 3. The van der Waals surface area contributed by atoms with Crippen molar-refractivity contribution in [1.82, 2.24) is 4.90 Å². The van der Waals surface area contributed by atoms with Crippen LogP contribution in [0.4, 0.5) is 0 Å². The average Bonchev–Trinajstić information content (AvgIpc) is 2.72. The van der Waals surface area contributed by atoms with Gasteiger partial charge in [-0.2, -0.15) is 0 Å². The molecule has 2 aliphatic rings. The van der Waals surface area contributed by atoms with Crippen LogP contribution in [0.25, 0.3) is 0 Å². The predicted molar refractivity (Wildman–Crippen MR) is 49.2 cm³/mol. The molecule has 0 aromatic heterocycles. The summed E-state index contributed by atoms with van der Waals surface area (Å²) < 4.78 is 0. The number of likely N-dealkylation sites (tertiary alicyclic amines) is 1. The standard InChI is InChI=1S/C9H16N2O2/c1-7-3-2-4-10(7)6-8-5-9(8)11(12)13/h7-9H,2-6H2,1H3/t7?,8-,9+/m1/s1. The Bertz CT molecular complexity index is 220. The molecule has 3 atom stereocenters. The molecule has 0 N–H and O–H groups in total. The molecule has 1 heterocycles. The molecule has 0 bridgehead atoms. The fourth-order valence-corrected chi connectivity index (χ4v) is 2.25. The molecule has 4 nitrogen and oxygen atoms in total. The Labute approximate surface area is 78.1 Å². The average molecular weight is 184 g/mol. The summed E-state index contributed by atoms with van der Waals surface area (Å²) in [6.07, 6.45) is 3.32. The van der Waals surface area contributed by atoms with E-state index in [2.05, 4.69) is 11.8 Å². The van der Waals surface area contributed by atoms with Gasteiger partial charge in [-0.1, -0.05) is 0 Å². The lowest BCUT2D eigenvalue weighted by atomic mass is 10.2. The molecule has 1 aliphatic carbocycles. The zero-order chi connectivity index (χ0) is 9.42. The maximum Gasteiger partial charge on any atom is 0.218 e. The maximum atomic E-state index is 10.4. The maximum absolute atomic E-state index is 10.4. The molecule has 2 fully saturated rings. The van der Waals surface area contributed by atoms with Gasteiger partial charge in [-0.3, -0.25) is 10.1 Å². The first-order chi connectivity index (χ1) is 6.18. The first kappa shape index (κ1) is 8.94. The Balaban J connectivity index is 1.77. The molecule has 0 radical (unpaired) electrons. The van der Waals surface area contributed by atoms with Crippen LogP contribution in [0.2, 0.25) is 0 Å². The van der Waals surface area contributed by atoms with Gasteiger partial charge in [0.05, 0.1) is 0 Å². The SMILES string of the molecule is CC1CCCN1C[C@H]1C[C@@H]1[N+](=O)[O-]. The molecule has 0 amide bonds. The Kier molecular flexibility index (Phi) is 2.24. The lowest BCUT2D eigenvalue weighted by molar-refractivity contribution is -0.498. The van der Waals surface area contributed by atoms with Crippen LogP contribution in [0.1, 0.15) is 26.2 Å². The molecule has 13 heavy (non-hydrogen) atoms. The molecule has 1 saturated carbocycles. The third-order valence-corrected chi connectivity index (χ3v) is 3.32. The first-order valence-corrected chi connectivity index (χ1v) is 5.06. The van der Waals surface area contributed by atoms with Crippen molar-refractivity contribution in [2.45, 2.75) is 38.3 Å². The van der Waals surface area contributed by atoms with E-state index in [4.69, 9.17) is 0 Å². The van der Waals surface area contributed by atoms with E-state index in [1.54, 1.807) is 0 Å². The summed E-state index contributed by atoms with van der Waals surface area (Å²) in [7, 11) is 0. The van der Waals surface area contributed by atoms with E-state index in [-0.39, 0.29) is 11.0 Å². The summed E-state index contributed by atoms with van der Waals surface area (Å²) in [4.78, 5) is 12.7. The molecule has 0 aromatic rings. The summed E-state index contributed by atoms with van der Waals surface area (Å²) in [6, 6.07) is 0.417. The molecule has 0 aromatic carbocycles. The van der Waals surface area contributed by atoms with Gasteiger partial charge in [0.25, 0.3) is 0 Å². The van der Waals surface area contributed by atoms with Gasteiger partial charge in [0.2, 0.25) is 6.04 Å². The second-order valence-electron chi connectivity index (χ2n) is 4.33. The van der Waals surface area contributed by atoms with Crippen molar-refractivity contribution in [2.24, 2.45) is 5.92 Å². The van der Waals surface area contributed by atoms with Crippen LogP contribution in [-0.2, 0) is 0 Å². The van der Waals surface area contributed by atoms with E-state index in [1.165, 1.54) is 12.8 Å². The van der Waals surface area contributed by atoms with E-state index in [9.17, 15) is 10.1 Å². The molecule has 0 spiro atoms. The van der Waals surface area contributed by atoms with Crippen LogP contribution in [0, 0.1) is 16.0 Å². The van der Waals surface area contributed by atoms with Crippen LogP contribution in [0.15, 0.2) is 0 Å². The fourth-order valence-electron chi connectivity index (χ4n) is 2.25. The van der Waals surface area contributed by atoms with Gasteiger partial charge < -0.3 is 4.90 Å².